The Kier molecular flexibility index (Phi) is 19.1. The van der Waals surface area contributed by atoms with Gasteiger partial charge >= 0.3 is 7.12 Å². The predicted molar refractivity (Wildman–Crippen MR) is 497 cm³/mol. The van der Waals surface area contributed by atoms with Gasteiger partial charge in [0, 0.05) is 119 Å². The molecule has 13 heteroatoms. The van der Waals surface area contributed by atoms with Crippen molar-refractivity contribution >= 4 is 249 Å². The Hall–Kier alpha value is -11.2. The van der Waals surface area contributed by atoms with Gasteiger partial charge in [0.15, 0.2) is 0 Å². The monoisotopic (exact) mass is 1610 g/mol. The standard InChI is InChI=1S/C22H21BO2S.C22H13NO2S.C22H13NS.C18H15P.C16H9BrS/c1-21(2)22(3,4)25-23(24-21)17-13-14-9-5-6-10-15(14)19-16-11-7-8-12-18(16)26-20(17)19;24-23(25)19-11-5-3-9-16(19)18-13-14-7-1-2-8-15(14)21-17-10-4-6-12-20(17)26-22(18)21;1-2-8-14-13(7-1)19-16-10-4-6-12-18(16)24-22(19)20-15-9-3-5-11-17(15)23-21(14)20;1-4-10-16(11-5-1)19(17-12-6-2-7-13-17)18-14-8-3-9-15-18;17-13-9-10-5-1-2-6-11(10)15-12-7-3-4-8-14(12)18-16(13)15/h5-13H,1-4H3;1-13H;1-12,23H;1-15H;1-9H. The van der Waals surface area contributed by atoms with Gasteiger partial charge in [0.05, 0.1) is 31.9 Å². The minimum Gasteiger partial charge on any atom is -0.399 e. The van der Waals surface area contributed by atoms with Crippen LogP contribution in [0.15, 0.2) is 356 Å². The van der Waals surface area contributed by atoms with E-state index in [0.29, 0.717) is 5.56 Å². The lowest BCUT2D eigenvalue weighted by molar-refractivity contribution is -0.384. The molecule has 17 aromatic carbocycles. The summed E-state index contributed by atoms with van der Waals surface area (Å²) in [5.74, 6) is 0. The molecule has 1 fully saturated rings. The fraction of sp³-hybridized carbons (Fsp3) is 0.0600. The predicted octanol–water partition coefficient (Wildman–Crippen LogP) is 28.5. The molecule has 1 aliphatic rings. The van der Waals surface area contributed by atoms with E-state index in [0.717, 1.165) is 21.1 Å². The number of para-hydroxylation sites is 2. The summed E-state index contributed by atoms with van der Waals surface area (Å²) >= 11 is 11.0. The first-order valence-corrected chi connectivity index (χ1v) is 43.1. The van der Waals surface area contributed by atoms with E-state index in [4.69, 9.17) is 9.31 Å². The molecule has 23 rings (SSSR count). The number of nitrogens with one attached hydrogen (secondary N) is 1. The second-order valence-corrected chi connectivity index (χ2v) is 36.6. The largest absolute Gasteiger partial charge is 0.496 e. The molecular weight excluding hydrogens is 1540 g/mol. The van der Waals surface area contributed by atoms with Gasteiger partial charge in [0.25, 0.3) is 5.69 Å². The van der Waals surface area contributed by atoms with Crippen LogP contribution in [0.4, 0.5) is 5.69 Å². The zero-order valence-electron chi connectivity index (χ0n) is 62.1. The lowest BCUT2D eigenvalue weighted by Gasteiger charge is -2.32. The first-order valence-electron chi connectivity index (χ1n) is 37.7. The maximum Gasteiger partial charge on any atom is 0.496 e. The minimum absolute atomic E-state index is 0.140. The number of thiophene rings is 4. The molecule has 0 bridgehead atoms. The van der Waals surface area contributed by atoms with Crippen molar-refractivity contribution in [3.63, 3.8) is 0 Å². The highest BCUT2D eigenvalue weighted by Gasteiger charge is 2.52. The summed E-state index contributed by atoms with van der Waals surface area (Å²) in [6.45, 7) is 8.43. The van der Waals surface area contributed by atoms with Crippen LogP contribution >= 0.6 is 69.2 Å². The number of aromatic nitrogens is 1. The third kappa shape index (κ3) is 13.1. The average Bonchev–Trinajstić information content (AvgIpc) is 1.50. The van der Waals surface area contributed by atoms with Gasteiger partial charge < -0.3 is 14.3 Å². The van der Waals surface area contributed by atoms with Gasteiger partial charge in [-0.3, -0.25) is 10.1 Å². The number of benzene rings is 17. The van der Waals surface area contributed by atoms with Crippen molar-refractivity contribution < 1.29 is 14.2 Å². The molecule has 0 radical (unpaired) electrons. The molecule has 0 unspecified atom stereocenters. The first kappa shape index (κ1) is 72.0. The van der Waals surface area contributed by atoms with Crippen LogP contribution < -0.4 is 21.4 Å². The second-order valence-electron chi connectivity index (χ2n) is 29.3. The zero-order valence-corrected chi connectivity index (χ0v) is 67.8. The number of nitro benzene ring substituents is 1. The fourth-order valence-electron chi connectivity index (χ4n) is 16.1. The van der Waals surface area contributed by atoms with Crippen LogP contribution in [0.5, 0.6) is 0 Å². The van der Waals surface area contributed by atoms with Crippen LogP contribution in [0.1, 0.15) is 27.7 Å². The highest BCUT2D eigenvalue weighted by Crippen LogP contribution is 2.50. The van der Waals surface area contributed by atoms with Crippen molar-refractivity contribution in [3.05, 3.63) is 366 Å². The fourth-order valence-corrected chi connectivity index (χ4v) is 24.0. The molecule has 0 amide bonds. The molecular formula is C100H71BBrN2O4PS4. The number of aromatic amines is 1. The Bertz CT molecular complexity index is 7310. The highest BCUT2D eigenvalue weighted by molar-refractivity contribution is 9.10. The Balaban J connectivity index is 0.0000000956. The van der Waals surface area contributed by atoms with E-state index in [2.05, 4.69) is 352 Å². The van der Waals surface area contributed by atoms with E-state index in [-0.39, 0.29) is 28.9 Å². The number of hydrogen-bond acceptors (Lipinski definition) is 8. The van der Waals surface area contributed by atoms with Gasteiger partial charge in [-0.25, -0.2) is 0 Å². The molecule has 544 valence electrons. The number of halogens is 1. The van der Waals surface area contributed by atoms with Crippen molar-refractivity contribution in [2.45, 2.75) is 38.9 Å². The Morgan fingerprint density at radius 3 is 1.20 bits per heavy atom. The van der Waals surface area contributed by atoms with Crippen molar-refractivity contribution in [1.82, 2.24) is 4.98 Å². The van der Waals surface area contributed by atoms with E-state index in [1.807, 2.05) is 70.4 Å². The van der Waals surface area contributed by atoms with Crippen LogP contribution in [0.25, 0.3) is 157 Å². The van der Waals surface area contributed by atoms with Gasteiger partial charge in [-0.1, -0.05) is 297 Å². The van der Waals surface area contributed by atoms with E-state index < -0.39 is 7.92 Å². The summed E-state index contributed by atoms with van der Waals surface area (Å²) in [5.41, 5.74) is 4.65. The lowest BCUT2D eigenvalue weighted by Crippen LogP contribution is -2.41. The summed E-state index contributed by atoms with van der Waals surface area (Å²) in [6, 6.07) is 123. The topological polar surface area (TPSA) is 77.4 Å². The van der Waals surface area contributed by atoms with E-state index in [1.165, 1.54) is 156 Å². The van der Waals surface area contributed by atoms with Gasteiger partial charge in [0.1, 0.15) is 0 Å². The summed E-state index contributed by atoms with van der Waals surface area (Å²) in [5, 5.41) is 39.0. The molecule has 0 aliphatic carbocycles. The van der Waals surface area contributed by atoms with E-state index in [1.54, 1.807) is 23.5 Å². The summed E-state index contributed by atoms with van der Waals surface area (Å²) in [6.07, 6.45) is 0. The van der Waals surface area contributed by atoms with Gasteiger partial charge in [-0.15, -0.1) is 45.3 Å². The molecule has 5 aromatic heterocycles. The number of rotatable bonds is 6. The molecule has 1 aliphatic heterocycles. The van der Waals surface area contributed by atoms with Crippen LogP contribution in [0.3, 0.4) is 0 Å². The second kappa shape index (κ2) is 30.0. The smallest absolute Gasteiger partial charge is 0.399 e. The molecule has 6 heterocycles. The molecule has 0 saturated carbocycles. The average molecular weight is 1610 g/mol. The Morgan fingerprint density at radius 2 is 0.699 bits per heavy atom. The number of nitro groups is 1. The normalized spacial score (nSPS) is 13.2. The van der Waals surface area contributed by atoms with Crippen molar-refractivity contribution in [2.24, 2.45) is 0 Å². The SMILES string of the molecule is Brc1cc2ccccc2c2c1sc1ccccc12.CC1(C)OB(c2cc3ccccc3c3c2sc2ccccc23)OC1(C)C.O=[N+]([O-])c1ccccc1-c1cc2ccccc2c2c1sc1ccccc12.c1ccc(P(c2ccccc2)c2ccccc2)cc1.c1ccc2c(c1)[nH]c1c3ccccc3c3c4ccccc4sc3c21. The molecule has 113 heavy (non-hydrogen) atoms. The lowest BCUT2D eigenvalue weighted by atomic mass is 9.77. The van der Waals surface area contributed by atoms with E-state index in [9.17, 15) is 10.1 Å². The molecule has 0 spiro atoms. The summed E-state index contributed by atoms with van der Waals surface area (Å²) in [4.78, 5) is 14.9. The zero-order chi connectivity index (χ0) is 76.5. The summed E-state index contributed by atoms with van der Waals surface area (Å²) < 4.78 is 24.3. The van der Waals surface area contributed by atoms with Crippen molar-refractivity contribution in [2.75, 3.05) is 0 Å². The van der Waals surface area contributed by atoms with Gasteiger partial charge in [0.2, 0.25) is 0 Å². The third-order valence-electron chi connectivity index (χ3n) is 22.0. The number of fused-ring (bicyclic) bond motifs is 25. The molecule has 22 aromatic rings. The van der Waals surface area contributed by atoms with Gasteiger partial charge in [-0.05, 0) is 154 Å². The maximum absolute atomic E-state index is 11.6. The van der Waals surface area contributed by atoms with Crippen LogP contribution in [-0.4, -0.2) is 28.2 Å². The van der Waals surface area contributed by atoms with Crippen molar-refractivity contribution in [3.8, 4) is 11.1 Å². The number of hydrogen-bond donors (Lipinski definition) is 1. The van der Waals surface area contributed by atoms with Gasteiger partial charge in [-0.2, -0.15) is 0 Å². The maximum atomic E-state index is 11.6. The van der Waals surface area contributed by atoms with Crippen molar-refractivity contribution in [1.29, 1.82) is 0 Å². The molecule has 1 saturated heterocycles. The third-order valence-corrected chi connectivity index (χ3v) is 30.2. The summed E-state index contributed by atoms with van der Waals surface area (Å²) in [7, 11) is -0.793. The van der Waals surface area contributed by atoms with E-state index >= 15 is 0 Å². The Labute approximate surface area is 678 Å². The van der Waals surface area contributed by atoms with Crippen LogP contribution in [0, 0.1) is 10.1 Å². The quantitative estimate of drug-likeness (QED) is 0.0779. The molecule has 1 N–H and O–H groups in total. The number of H-pyrrole nitrogens is 1. The Morgan fingerprint density at radius 1 is 0.345 bits per heavy atom. The van der Waals surface area contributed by atoms with Crippen LogP contribution in [-0.2, 0) is 9.31 Å². The molecule has 0 atom stereocenters. The first-order chi connectivity index (χ1) is 55.3. The molecule has 6 nitrogen and oxygen atoms in total. The number of nitrogens with zero attached hydrogens (tertiary/aromatic N) is 1. The minimum atomic E-state index is -0.446. The highest BCUT2D eigenvalue weighted by atomic mass is 79.9. The van der Waals surface area contributed by atoms with Crippen LogP contribution in [0.2, 0.25) is 0 Å².